The van der Waals surface area contributed by atoms with Gasteiger partial charge in [0.25, 0.3) is 6.43 Å². The number of allylic oxidation sites excluding steroid dienone is 8. The van der Waals surface area contributed by atoms with Gasteiger partial charge in [0.1, 0.15) is 0 Å². The second kappa shape index (κ2) is 13.6. The van der Waals surface area contributed by atoms with Crippen LogP contribution in [0.2, 0.25) is 0 Å². The molecule has 0 aliphatic heterocycles. The summed E-state index contributed by atoms with van der Waals surface area (Å²) in [6.45, 7) is 0. The predicted molar refractivity (Wildman–Crippen MR) is 67.5 cm³/mol. The van der Waals surface area contributed by atoms with E-state index in [1.54, 1.807) is 6.08 Å². The molecule has 0 fully saturated rings. The van der Waals surface area contributed by atoms with Gasteiger partial charge in [0, 0.05) is 0 Å². The standard InChI is InChI=1S/C7H6F3.C5H5.2ClH.Zr/c8-6(7(9)10)5-3-1-2-4-5;1-2-4-5-3-1;;;/h1,3,6-7H,2H2;1-3H,4H2;2*1H;/q2*-1;;;+2. The molecule has 0 saturated carbocycles. The quantitative estimate of drug-likeness (QED) is 0.626. The number of alkyl halides is 3. The van der Waals surface area contributed by atoms with Crippen molar-refractivity contribution >= 4 is 24.8 Å². The van der Waals surface area contributed by atoms with E-state index in [4.69, 9.17) is 0 Å². The summed E-state index contributed by atoms with van der Waals surface area (Å²) in [6, 6.07) is 0. The van der Waals surface area contributed by atoms with Gasteiger partial charge in [-0.25, -0.2) is 31.4 Å². The first-order valence-corrected chi connectivity index (χ1v) is 4.63. The van der Waals surface area contributed by atoms with Crippen molar-refractivity contribution in [2.75, 3.05) is 0 Å². The van der Waals surface area contributed by atoms with E-state index < -0.39 is 12.6 Å². The SMILES string of the molecule is Cl.Cl.FC(F)C(F)C1=[C-]CC=C1.[C-]1=CC=CC1.[Zr+2]. The average Bonchev–Trinajstić information content (AvgIpc) is 2.92. The Morgan fingerprint density at radius 3 is 2.00 bits per heavy atom. The predicted octanol–water partition coefficient (Wildman–Crippen LogP) is 4.43. The Hall–Kier alpha value is 0.213. The largest absolute Gasteiger partial charge is 2.00 e. The van der Waals surface area contributed by atoms with Gasteiger partial charge in [-0.1, -0.05) is 0 Å². The van der Waals surface area contributed by atoms with Gasteiger partial charge < -0.3 is 0 Å². The molecule has 2 aliphatic rings. The van der Waals surface area contributed by atoms with E-state index in [0.717, 1.165) is 6.42 Å². The third-order valence-corrected chi connectivity index (χ3v) is 1.83. The fraction of sp³-hybridized carbons (Fsp3) is 0.333. The zero-order chi connectivity index (χ0) is 11.1. The fourth-order valence-electron chi connectivity index (χ4n) is 1.09. The summed E-state index contributed by atoms with van der Waals surface area (Å²) in [5.41, 5.74) is -0.0185. The van der Waals surface area contributed by atoms with Crippen molar-refractivity contribution in [1.29, 1.82) is 0 Å². The van der Waals surface area contributed by atoms with Crippen LogP contribution in [0.5, 0.6) is 0 Å². The molecule has 0 saturated heterocycles. The summed E-state index contributed by atoms with van der Waals surface area (Å²) in [5.74, 6) is 0. The first-order chi connectivity index (χ1) is 7.22. The van der Waals surface area contributed by atoms with Crippen molar-refractivity contribution in [2.45, 2.75) is 25.4 Å². The van der Waals surface area contributed by atoms with E-state index >= 15 is 0 Å². The minimum Gasteiger partial charge on any atom is -0.273 e. The number of rotatable bonds is 2. The van der Waals surface area contributed by atoms with Gasteiger partial charge in [0.05, 0.1) is 0 Å². The van der Waals surface area contributed by atoms with Crippen molar-refractivity contribution in [3.63, 3.8) is 0 Å². The zero-order valence-electron chi connectivity index (χ0n) is 9.41. The molecule has 1 atom stereocenters. The molecule has 18 heavy (non-hydrogen) atoms. The molecule has 0 radical (unpaired) electrons. The molecule has 100 valence electrons. The molecule has 0 bridgehead atoms. The molecule has 1 unspecified atom stereocenters. The van der Waals surface area contributed by atoms with Crippen molar-refractivity contribution in [1.82, 2.24) is 0 Å². The van der Waals surface area contributed by atoms with Gasteiger partial charge >= 0.3 is 26.2 Å². The smallest absolute Gasteiger partial charge is 0.273 e. The van der Waals surface area contributed by atoms with E-state index in [-0.39, 0.29) is 56.6 Å². The summed E-state index contributed by atoms with van der Waals surface area (Å²) >= 11 is 0. The average molecular weight is 376 g/mol. The Morgan fingerprint density at radius 1 is 1.06 bits per heavy atom. The van der Waals surface area contributed by atoms with Crippen LogP contribution in [0.1, 0.15) is 12.8 Å². The Bertz CT molecular complexity index is 302. The molecule has 0 aromatic rings. The van der Waals surface area contributed by atoms with Crippen molar-refractivity contribution in [3.8, 4) is 0 Å². The summed E-state index contributed by atoms with van der Waals surface area (Å²) in [4.78, 5) is 0. The maximum Gasteiger partial charge on any atom is 2.00 e. The second-order valence-corrected chi connectivity index (χ2v) is 2.98. The van der Waals surface area contributed by atoms with Crippen LogP contribution in [-0.4, -0.2) is 12.6 Å². The van der Waals surface area contributed by atoms with Crippen molar-refractivity contribution < 1.29 is 39.4 Å². The van der Waals surface area contributed by atoms with Crippen LogP contribution >= 0.6 is 24.8 Å². The Balaban J connectivity index is -0.000000245. The maximum atomic E-state index is 12.3. The zero-order valence-corrected chi connectivity index (χ0v) is 13.5. The molecule has 2 rings (SSSR count). The topological polar surface area (TPSA) is 0 Å². The summed E-state index contributed by atoms with van der Waals surface area (Å²) in [6.07, 6.45) is 10.8. The van der Waals surface area contributed by atoms with Crippen LogP contribution < -0.4 is 0 Å². The minimum absolute atomic E-state index is 0. The molecule has 0 heterocycles. The minimum atomic E-state index is -2.93. The molecule has 2 aliphatic carbocycles. The van der Waals surface area contributed by atoms with Crippen LogP contribution in [0.15, 0.2) is 36.0 Å². The first kappa shape index (κ1) is 23.3. The van der Waals surface area contributed by atoms with Gasteiger partial charge in [-0.05, 0) is 0 Å². The van der Waals surface area contributed by atoms with Crippen LogP contribution in [0, 0.1) is 12.2 Å². The van der Waals surface area contributed by atoms with Crippen LogP contribution in [0.25, 0.3) is 0 Å². The monoisotopic (exact) mass is 374 g/mol. The molecule has 0 aromatic carbocycles. The fourth-order valence-corrected chi connectivity index (χ4v) is 1.09. The van der Waals surface area contributed by atoms with Gasteiger partial charge in [-0.15, -0.1) is 37.7 Å². The Kier molecular flexibility index (Phi) is 17.7. The molecule has 0 N–H and O–H groups in total. The van der Waals surface area contributed by atoms with E-state index in [2.05, 4.69) is 18.2 Å². The van der Waals surface area contributed by atoms with E-state index in [0.29, 0.717) is 6.42 Å². The normalized spacial score (nSPS) is 15.9. The third kappa shape index (κ3) is 9.18. The number of halogens is 5. The van der Waals surface area contributed by atoms with Crippen molar-refractivity contribution in [2.24, 2.45) is 0 Å². The molecule has 0 amide bonds. The van der Waals surface area contributed by atoms with E-state index in [1.165, 1.54) is 6.08 Å². The molecule has 6 heteroatoms. The van der Waals surface area contributed by atoms with Crippen LogP contribution in [0.3, 0.4) is 0 Å². The van der Waals surface area contributed by atoms with Gasteiger partial charge in [-0.3, -0.25) is 12.2 Å². The van der Waals surface area contributed by atoms with E-state index in [9.17, 15) is 13.2 Å². The summed E-state index contributed by atoms with van der Waals surface area (Å²) < 4.78 is 35.6. The van der Waals surface area contributed by atoms with Gasteiger partial charge in [0.2, 0.25) is 0 Å². The number of hydrogen-bond donors (Lipinski definition) is 0. The summed E-state index contributed by atoms with van der Waals surface area (Å²) in [7, 11) is 0. The molecular formula is C12H13Cl2F3Zr. The van der Waals surface area contributed by atoms with Crippen LogP contribution in [0.4, 0.5) is 13.2 Å². The first-order valence-electron chi connectivity index (χ1n) is 4.63. The van der Waals surface area contributed by atoms with E-state index in [1.807, 2.05) is 12.2 Å². The molecule has 0 spiro atoms. The van der Waals surface area contributed by atoms with Gasteiger partial charge in [0.15, 0.2) is 6.17 Å². The summed E-state index contributed by atoms with van der Waals surface area (Å²) in [5, 5.41) is 0. The Morgan fingerprint density at radius 2 is 1.72 bits per heavy atom. The Labute approximate surface area is 137 Å². The molecule has 0 aromatic heterocycles. The maximum absolute atomic E-state index is 12.3. The molecule has 0 nitrogen and oxygen atoms in total. The third-order valence-electron chi connectivity index (χ3n) is 1.83. The van der Waals surface area contributed by atoms with Crippen LogP contribution in [-0.2, 0) is 26.2 Å². The second-order valence-electron chi connectivity index (χ2n) is 2.98. The number of hydrogen-bond acceptors (Lipinski definition) is 0. The van der Waals surface area contributed by atoms with Crippen molar-refractivity contribution in [3.05, 3.63) is 48.1 Å². The van der Waals surface area contributed by atoms with Gasteiger partial charge in [-0.2, -0.15) is 17.7 Å². The molecular weight excluding hydrogens is 363 g/mol.